The molecule has 7 nitrogen and oxygen atoms in total. The molecule has 0 radical (unpaired) electrons. The van der Waals surface area contributed by atoms with E-state index < -0.39 is 10.0 Å². The standard InChI is InChI=1S/C27H31N3O4S/c1-34-22-7-4-6-20(16-22)18-29-25-10-5-9-24(25)27(31)30-17-19-12-14-21(15-13-19)23-8-2-3-11-26(23)35(28,32)33/h2-4,6-8,11-16,24-25,29H,5,9-10,17-18H2,1H3,(H,30,31)(H2,28,32,33)/t24?,25-/m1/s1. The molecule has 1 aliphatic carbocycles. The Kier molecular flexibility index (Phi) is 7.85. The van der Waals surface area contributed by atoms with Crippen LogP contribution in [0.5, 0.6) is 5.75 Å². The number of carbonyl (C=O) groups is 1. The van der Waals surface area contributed by atoms with Crippen molar-refractivity contribution in [2.45, 2.75) is 43.3 Å². The fourth-order valence-electron chi connectivity index (χ4n) is 4.63. The average molecular weight is 494 g/mol. The predicted molar refractivity (Wildman–Crippen MR) is 136 cm³/mol. The number of nitrogens with one attached hydrogen (secondary N) is 2. The third kappa shape index (κ3) is 6.28. The molecular formula is C27H31N3O4S. The summed E-state index contributed by atoms with van der Waals surface area (Å²) in [5.41, 5.74) is 3.37. The zero-order valence-electron chi connectivity index (χ0n) is 19.7. The van der Waals surface area contributed by atoms with E-state index in [1.54, 1.807) is 25.3 Å². The molecule has 1 fully saturated rings. The van der Waals surface area contributed by atoms with Crippen LogP contribution in [0.2, 0.25) is 0 Å². The van der Waals surface area contributed by atoms with Gasteiger partial charge in [-0.1, -0.05) is 61.0 Å². The van der Waals surface area contributed by atoms with Crippen LogP contribution < -0.4 is 20.5 Å². The molecule has 1 unspecified atom stereocenters. The molecule has 4 N–H and O–H groups in total. The van der Waals surface area contributed by atoms with Gasteiger partial charge in [0.15, 0.2) is 0 Å². The molecule has 2 atom stereocenters. The third-order valence-corrected chi connectivity index (χ3v) is 7.45. The average Bonchev–Trinajstić information content (AvgIpc) is 3.35. The molecule has 0 aliphatic heterocycles. The Morgan fingerprint density at radius 3 is 2.49 bits per heavy atom. The van der Waals surface area contributed by atoms with Crippen LogP contribution in [0.1, 0.15) is 30.4 Å². The number of ether oxygens (including phenoxy) is 1. The van der Waals surface area contributed by atoms with Gasteiger partial charge in [-0.05, 0) is 47.7 Å². The molecule has 0 aromatic heterocycles. The van der Waals surface area contributed by atoms with Gasteiger partial charge in [0.2, 0.25) is 15.9 Å². The number of primary sulfonamides is 1. The number of amides is 1. The van der Waals surface area contributed by atoms with E-state index in [1.165, 1.54) is 6.07 Å². The highest BCUT2D eigenvalue weighted by Crippen LogP contribution is 2.28. The molecular weight excluding hydrogens is 462 g/mol. The summed E-state index contributed by atoms with van der Waals surface area (Å²) in [6, 6.07) is 22.2. The number of benzene rings is 3. The summed E-state index contributed by atoms with van der Waals surface area (Å²) in [5, 5.41) is 12.0. The van der Waals surface area contributed by atoms with Crippen molar-refractivity contribution in [2.24, 2.45) is 11.1 Å². The number of hydrogen-bond acceptors (Lipinski definition) is 5. The van der Waals surface area contributed by atoms with E-state index in [0.717, 1.165) is 41.7 Å². The molecule has 1 saturated carbocycles. The molecule has 4 rings (SSSR count). The summed E-state index contributed by atoms with van der Waals surface area (Å²) in [5.74, 6) is 0.806. The SMILES string of the molecule is COc1cccc(CN[C@@H]2CCCC2C(=O)NCc2ccc(-c3ccccc3S(N)(=O)=O)cc2)c1. The van der Waals surface area contributed by atoms with Gasteiger partial charge >= 0.3 is 0 Å². The fourth-order valence-corrected chi connectivity index (χ4v) is 5.39. The van der Waals surface area contributed by atoms with Crippen molar-refractivity contribution in [3.05, 3.63) is 83.9 Å². The van der Waals surface area contributed by atoms with E-state index in [-0.39, 0.29) is 22.8 Å². The fraction of sp³-hybridized carbons (Fsp3) is 0.296. The molecule has 0 spiro atoms. The van der Waals surface area contributed by atoms with Crippen LogP contribution in [0.4, 0.5) is 0 Å². The van der Waals surface area contributed by atoms with E-state index in [4.69, 9.17) is 9.88 Å². The van der Waals surface area contributed by atoms with Crippen molar-refractivity contribution in [3.8, 4) is 16.9 Å². The Hall–Kier alpha value is -3.20. The number of sulfonamides is 1. The van der Waals surface area contributed by atoms with E-state index in [1.807, 2.05) is 48.5 Å². The Labute approximate surface area is 206 Å². The Morgan fingerprint density at radius 1 is 0.971 bits per heavy atom. The second-order valence-corrected chi connectivity index (χ2v) is 10.4. The van der Waals surface area contributed by atoms with Crippen molar-refractivity contribution in [3.63, 3.8) is 0 Å². The summed E-state index contributed by atoms with van der Waals surface area (Å²) >= 11 is 0. The summed E-state index contributed by atoms with van der Waals surface area (Å²) < 4.78 is 29.1. The third-order valence-electron chi connectivity index (χ3n) is 6.48. The first kappa shape index (κ1) is 24.9. The predicted octanol–water partition coefficient (Wildman–Crippen LogP) is 3.58. The zero-order valence-corrected chi connectivity index (χ0v) is 20.6. The number of methoxy groups -OCH3 is 1. The number of nitrogens with two attached hydrogens (primary N) is 1. The molecule has 8 heteroatoms. The molecule has 3 aromatic rings. The maximum atomic E-state index is 12.9. The van der Waals surface area contributed by atoms with Crippen LogP contribution in [0.15, 0.2) is 77.7 Å². The molecule has 1 aliphatic rings. The Balaban J connectivity index is 1.34. The largest absolute Gasteiger partial charge is 0.497 e. The quantitative estimate of drug-likeness (QED) is 0.422. The monoisotopic (exact) mass is 493 g/mol. The molecule has 35 heavy (non-hydrogen) atoms. The lowest BCUT2D eigenvalue weighted by Gasteiger charge is -2.21. The summed E-state index contributed by atoms with van der Waals surface area (Å²) in [4.78, 5) is 13.0. The Bertz CT molecular complexity index is 1280. The smallest absolute Gasteiger partial charge is 0.238 e. The van der Waals surface area contributed by atoms with Gasteiger partial charge in [-0.25, -0.2) is 13.6 Å². The first-order valence-electron chi connectivity index (χ1n) is 11.7. The van der Waals surface area contributed by atoms with Gasteiger partial charge in [0.1, 0.15) is 5.75 Å². The first-order valence-corrected chi connectivity index (χ1v) is 13.2. The van der Waals surface area contributed by atoms with Crippen molar-refractivity contribution in [1.29, 1.82) is 0 Å². The maximum absolute atomic E-state index is 12.9. The minimum atomic E-state index is -3.82. The van der Waals surface area contributed by atoms with Gasteiger partial charge in [-0.2, -0.15) is 0 Å². The lowest BCUT2D eigenvalue weighted by Crippen LogP contribution is -2.41. The van der Waals surface area contributed by atoms with Gasteiger partial charge in [0.25, 0.3) is 0 Å². The Morgan fingerprint density at radius 2 is 1.74 bits per heavy atom. The van der Waals surface area contributed by atoms with E-state index >= 15 is 0 Å². The van der Waals surface area contributed by atoms with Crippen LogP contribution in [0.3, 0.4) is 0 Å². The topological polar surface area (TPSA) is 111 Å². The van der Waals surface area contributed by atoms with Gasteiger partial charge in [0, 0.05) is 24.7 Å². The molecule has 0 heterocycles. The van der Waals surface area contributed by atoms with Gasteiger partial charge < -0.3 is 15.4 Å². The number of carbonyl (C=O) groups excluding carboxylic acids is 1. The van der Waals surface area contributed by atoms with Crippen LogP contribution in [0, 0.1) is 5.92 Å². The minimum absolute atomic E-state index is 0.0503. The lowest BCUT2D eigenvalue weighted by molar-refractivity contribution is -0.125. The van der Waals surface area contributed by atoms with Gasteiger partial charge in [0.05, 0.1) is 17.9 Å². The van der Waals surface area contributed by atoms with Crippen LogP contribution in [-0.4, -0.2) is 27.5 Å². The maximum Gasteiger partial charge on any atom is 0.238 e. The zero-order chi connectivity index (χ0) is 24.8. The highest BCUT2D eigenvalue weighted by molar-refractivity contribution is 7.89. The van der Waals surface area contributed by atoms with Crippen molar-refractivity contribution >= 4 is 15.9 Å². The summed E-state index contributed by atoms with van der Waals surface area (Å²) in [6.45, 7) is 1.10. The van der Waals surface area contributed by atoms with Gasteiger partial charge in [-0.15, -0.1) is 0 Å². The number of hydrogen-bond donors (Lipinski definition) is 3. The molecule has 1 amide bonds. The molecule has 3 aromatic carbocycles. The van der Waals surface area contributed by atoms with E-state index in [2.05, 4.69) is 10.6 Å². The summed E-state index contributed by atoms with van der Waals surface area (Å²) in [6.07, 6.45) is 2.86. The summed E-state index contributed by atoms with van der Waals surface area (Å²) in [7, 11) is -2.17. The minimum Gasteiger partial charge on any atom is -0.497 e. The van der Waals surface area contributed by atoms with Crippen molar-refractivity contribution in [1.82, 2.24) is 10.6 Å². The van der Waals surface area contributed by atoms with Crippen LogP contribution in [-0.2, 0) is 27.9 Å². The van der Waals surface area contributed by atoms with Crippen LogP contribution >= 0.6 is 0 Å². The molecule has 0 saturated heterocycles. The molecule has 0 bridgehead atoms. The highest BCUT2D eigenvalue weighted by Gasteiger charge is 2.32. The lowest BCUT2D eigenvalue weighted by atomic mass is 10.0. The second kappa shape index (κ2) is 11.0. The highest BCUT2D eigenvalue weighted by atomic mass is 32.2. The second-order valence-electron chi connectivity index (χ2n) is 8.83. The normalized spacial score (nSPS) is 17.8. The number of rotatable bonds is 9. The van der Waals surface area contributed by atoms with E-state index in [9.17, 15) is 13.2 Å². The van der Waals surface area contributed by atoms with Crippen molar-refractivity contribution < 1.29 is 17.9 Å². The van der Waals surface area contributed by atoms with Gasteiger partial charge in [-0.3, -0.25) is 4.79 Å². The van der Waals surface area contributed by atoms with Crippen LogP contribution in [0.25, 0.3) is 11.1 Å². The van der Waals surface area contributed by atoms with Crippen molar-refractivity contribution in [2.75, 3.05) is 7.11 Å². The van der Waals surface area contributed by atoms with E-state index in [0.29, 0.717) is 18.7 Å². The molecule has 184 valence electrons. The first-order chi connectivity index (χ1) is 16.8.